The van der Waals surface area contributed by atoms with Crippen LogP contribution in [0.5, 0.6) is 0 Å². The number of hydrogen-bond donors (Lipinski definition) is 1. The number of aromatic nitrogens is 1. The van der Waals surface area contributed by atoms with E-state index in [4.69, 9.17) is 4.98 Å². The number of aryl methyl sites for hydroxylation is 1. The molecule has 20 heavy (non-hydrogen) atoms. The Labute approximate surface area is 121 Å². The predicted molar refractivity (Wildman–Crippen MR) is 86.7 cm³/mol. The lowest BCUT2D eigenvalue weighted by Crippen LogP contribution is -2.17. The highest BCUT2D eigenvalue weighted by atomic mass is 15.1. The first-order valence-corrected chi connectivity index (χ1v) is 7.74. The molecule has 3 heteroatoms. The Bertz CT molecular complexity index is 600. The van der Waals surface area contributed by atoms with Crippen LogP contribution in [0.25, 0.3) is 10.9 Å². The number of benzene rings is 1. The van der Waals surface area contributed by atoms with E-state index in [0.29, 0.717) is 0 Å². The van der Waals surface area contributed by atoms with Crippen LogP contribution < -0.4 is 10.2 Å². The summed E-state index contributed by atoms with van der Waals surface area (Å²) in [6.07, 6.45) is 3.60. The third-order valence-corrected chi connectivity index (χ3v) is 4.05. The topological polar surface area (TPSA) is 28.2 Å². The van der Waals surface area contributed by atoms with Crippen LogP contribution in [0.3, 0.4) is 0 Å². The van der Waals surface area contributed by atoms with Crippen molar-refractivity contribution in [2.45, 2.75) is 33.1 Å². The maximum atomic E-state index is 4.75. The van der Waals surface area contributed by atoms with Crippen LogP contribution in [0.2, 0.25) is 0 Å². The molecule has 1 N–H and O–H groups in total. The maximum absolute atomic E-state index is 4.75. The molecule has 3 rings (SSSR count). The van der Waals surface area contributed by atoms with Crippen molar-refractivity contribution < 1.29 is 0 Å². The highest BCUT2D eigenvalue weighted by molar-refractivity contribution is 5.94. The second-order valence-electron chi connectivity index (χ2n) is 5.44. The Balaban J connectivity index is 2.08. The highest BCUT2D eigenvalue weighted by Gasteiger charge is 2.14. The number of rotatable bonds is 4. The largest absolute Gasteiger partial charge is 0.385 e. The van der Waals surface area contributed by atoms with Crippen LogP contribution >= 0.6 is 0 Å². The van der Waals surface area contributed by atoms with Gasteiger partial charge in [0.2, 0.25) is 0 Å². The van der Waals surface area contributed by atoms with Crippen molar-refractivity contribution in [2.75, 3.05) is 29.9 Å². The van der Waals surface area contributed by atoms with E-state index in [0.717, 1.165) is 24.2 Å². The Kier molecular flexibility index (Phi) is 3.77. The molecule has 3 nitrogen and oxygen atoms in total. The summed E-state index contributed by atoms with van der Waals surface area (Å²) in [6, 6.07) is 8.88. The fraction of sp³-hybridized carbons (Fsp3) is 0.471. The summed E-state index contributed by atoms with van der Waals surface area (Å²) in [4.78, 5) is 7.22. The van der Waals surface area contributed by atoms with Gasteiger partial charge in [-0.1, -0.05) is 6.92 Å². The van der Waals surface area contributed by atoms with Crippen LogP contribution in [-0.2, 0) is 6.42 Å². The molecule has 0 radical (unpaired) electrons. The van der Waals surface area contributed by atoms with Crippen molar-refractivity contribution in [3.8, 4) is 0 Å². The second kappa shape index (κ2) is 5.70. The van der Waals surface area contributed by atoms with Gasteiger partial charge in [0.1, 0.15) is 0 Å². The molecule has 0 bridgehead atoms. The van der Waals surface area contributed by atoms with E-state index in [9.17, 15) is 0 Å². The van der Waals surface area contributed by atoms with Crippen molar-refractivity contribution in [3.63, 3.8) is 0 Å². The van der Waals surface area contributed by atoms with E-state index >= 15 is 0 Å². The molecule has 1 aromatic carbocycles. The Morgan fingerprint density at radius 2 is 1.95 bits per heavy atom. The average Bonchev–Trinajstić information content (AvgIpc) is 3.01. The van der Waals surface area contributed by atoms with Gasteiger partial charge in [-0.25, -0.2) is 0 Å². The molecule has 106 valence electrons. The zero-order valence-corrected chi connectivity index (χ0v) is 12.4. The summed E-state index contributed by atoms with van der Waals surface area (Å²) in [7, 11) is 0. The molecule has 0 atom stereocenters. The number of nitrogens with one attached hydrogen (secondary N) is 1. The van der Waals surface area contributed by atoms with Gasteiger partial charge in [0.15, 0.2) is 0 Å². The monoisotopic (exact) mass is 269 g/mol. The van der Waals surface area contributed by atoms with Gasteiger partial charge in [-0.05, 0) is 50.5 Å². The van der Waals surface area contributed by atoms with E-state index < -0.39 is 0 Å². The SMILES string of the molecule is CCNc1cc(CC)nc2ccc(N3CCCC3)cc12. The number of anilines is 2. The predicted octanol–water partition coefficient (Wildman–Crippen LogP) is 3.83. The average molecular weight is 269 g/mol. The Morgan fingerprint density at radius 3 is 2.65 bits per heavy atom. The van der Waals surface area contributed by atoms with E-state index in [1.807, 2.05) is 0 Å². The molecular weight excluding hydrogens is 246 g/mol. The molecule has 1 fully saturated rings. The van der Waals surface area contributed by atoms with Crippen LogP contribution in [-0.4, -0.2) is 24.6 Å². The molecule has 0 spiro atoms. The quantitative estimate of drug-likeness (QED) is 0.914. The van der Waals surface area contributed by atoms with Crippen LogP contribution in [0.4, 0.5) is 11.4 Å². The molecule has 0 saturated carbocycles. The van der Waals surface area contributed by atoms with Gasteiger partial charge in [0, 0.05) is 42.1 Å². The summed E-state index contributed by atoms with van der Waals surface area (Å²) < 4.78 is 0. The molecule has 0 unspecified atom stereocenters. The van der Waals surface area contributed by atoms with E-state index in [2.05, 4.69) is 48.3 Å². The highest BCUT2D eigenvalue weighted by Crippen LogP contribution is 2.29. The number of hydrogen-bond acceptors (Lipinski definition) is 3. The molecular formula is C17H23N3. The minimum absolute atomic E-state index is 0.941. The summed E-state index contributed by atoms with van der Waals surface area (Å²) in [6.45, 7) is 7.60. The summed E-state index contributed by atoms with van der Waals surface area (Å²) in [5, 5.41) is 4.73. The molecule has 1 aliphatic rings. The number of nitrogens with zero attached hydrogens (tertiary/aromatic N) is 2. The van der Waals surface area contributed by atoms with Crippen molar-refractivity contribution in [3.05, 3.63) is 30.0 Å². The smallest absolute Gasteiger partial charge is 0.0727 e. The molecule has 1 aliphatic heterocycles. The number of fused-ring (bicyclic) bond motifs is 1. The van der Waals surface area contributed by atoms with Crippen molar-refractivity contribution in [2.24, 2.45) is 0 Å². The lowest BCUT2D eigenvalue weighted by atomic mass is 10.1. The molecule has 0 amide bonds. The molecule has 2 heterocycles. The number of pyridine rings is 1. The standard InChI is InChI=1S/C17H23N3/c1-3-13-11-17(18-4-2)15-12-14(7-8-16(15)19-13)20-9-5-6-10-20/h7-8,11-12H,3-6,9-10H2,1-2H3,(H,18,19). The first-order valence-electron chi connectivity index (χ1n) is 7.74. The minimum Gasteiger partial charge on any atom is -0.385 e. The fourth-order valence-corrected chi connectivity index (χ4v) is 2.96. The maximum Gasteiger partial charge on any atom is 0.0727 e. The van der Waals surface area contributed by atoms with E-state index in [-0.39, 0.29) is 0 Å². The molecule has 0 aliphatic carbocycles. The van der Waals surface area contributed by atoms with Crippen molar-refractivity contribution >= 4 is 22.3 Å². The van der Waals surface area contributed by atoms with Gasteiger partial charge in [0.25, 0.3) is 0 Å². The van der Waals surface area contributed by atoms with Crippen LogP contribution in [0.1, 0.15) is 32.4 Å². The summed E-state index contributed by atoms with van der Waals surface area (Å²) in [5.74, 6) is 0. The van der Waals surface area contributed by atoms with Crippen molar-refractivity contribution in [1.82, 2.24) is 4.98 Å². The Morgan fingerprint density at radius 1 is 1.15 bits per heavy atom. The van der Waals surface area contributed by atoms with E-state index in [1.165, 1.54) is 42.7 Å². The van der Waals surface area contributed by atoms with Crippen molar-refractivity contribution in [1.29, 1.82) is 0 Å². The third kappa shape index (κ3) is 2.45. The van der Waals surface area contributed by atoms with Crippen LogP contribution in [0, 0.1) is 0 Å². The Hall–Kier alpha value is -1.77. The van der Waals surface area contributed by atoms with Gasteiger partial charge < -0.3 is 10.2 Å². The first-order chi connectivity index (χ1) is 9.81. The first kappa shape index (κ1) is 13.2. The minimum atomic E-state index is 0.941. The van der Waals surface area contributed by atoms with E-state index in [1.54, 1.807) is 0 Å². The fourth-order valence-electron chi connectivity index (χ4n) is 2.96. The molecule has 1 saturated heterocycles. The van der Waals surface area contributed by atoms with Gasteiger partial charge >= 0.3 is 0 Å². The molecule has 1 aromatic heterocycles. The third-order valence-electron chi connectivity index (χ3n) is 4.05. The normalized spacial score (nSPS) is 15.0. The van der Waals surface area contributed by atoms with Gasteiger partial charge in [-0.15, -0.1) is 0 Å². The summed E-state index contributed by atoms with van der Waals surface area (Å²) in [5.41, 5.74) is 4.81. The second-order valence-corrected chi connectivity index (χ2v) is 5.44. The van der Waals surface area contributed by atoms with Gasteiger partial charge in [0.05, 0.1) is 5.52 Å². The van der Waals surface area contributed by atoms with Crippen LogP contribution in [0.15, 0.2) is 24.3 Å². The van der Waals surface area contributed by atoms with Gasteiger partial charge in [-0.3, -0.25) is 4.98 Å². The molecule has 2 aromatic rings. The lowest BCUT2D eigenvalue weighted by molar-refractivity contribution is 0.949. The summed E-state index contributed by atoms with van der Waals surface area (Å²) >= 11 is 0. The zero-order chi connectivity index (χ0) is 13.9. The van der Waals surface area contributed by atoms with Gasteiger partial charge in [-0.2, -0.15) is 0 Å². The lowest BCUT2D eigenvalue weighted by Gasteiger charge is -2.19. The zero-order valence-electron chi connectivity index (χ0n) is 12.4.